The van der Waals surface area contributed by atoms with Gasteiger partial charge in [0, 0.05) is 22.1 Å². The van der Waals surface area contributed by atoms with Crippen LogP contribution in [-0.4, -0.2) is 16.1 Å². The first kappa shape index (κ1) is 12.9. The van der Waals surface area contributed by atoms with Crippen molar-refractivity contribution in [3.05, 3.63) is 45.0 Å². The smallest absolute Gasteiger partial charge is 0.251 e. The van der Waals surface area contributed by atoms with E-state index in [0.717, 1.165) is 10.0 Å². The molecule has 0 aliphatic heterocycles. The van der Waals surface area contributed by atoms with E-state index in [9.17, 15) is 4.79 Å². The molecule has 1 aromatic heterocycles. The minimum absolute atomic E-state index is 0.218. The van der Waals surface area contributed by atoms with Crippen LogP contribution in [0.3, 0.4) is 0 Å². The molecule has 4 N–H and O–H groups in total. The number of carbonyl (C=O) groups is 1. The monoisotopic (exact) mass is 328 g/mol. The second-order valence-electron chi connectivity index (χ2n) is 3.62. The molecule has 5 nitrogen and oxygen atoms in total. The number of nitrogens with one attached hydrogen (secondary N) is 2. The molecule has 0 bridgehead atoms. The maximum Gasteiger partial charge on any atom is 0.251 e. The van der Waals surface area contributed by atoms with Crippen LogP contribution in [0.2, 0.25) is 5.02 Å². The molecule has 0 saturated carbocycles. The number of nitrogen functional groups attached to an aromatic ring is 1. The van der Waals surface area contributed by atoms with E-state index in [2.05, 4.69) is 31.4 Å². The van der Waals surface area contributed by atoms with Crippen LogP contribution in [0.15, 0.2) is 28.9 Å². The predicted octanol–water partition coefficient (Wildman–Crippen LogP) is 2.34. The van der Waals surface area contributed by atoms with Gasteiger partial charge in [0.05, 0.1) is 11.2 Å². The lowest BCUT2D eigenvalue weighted by Gasteiger charge is -2.05. The average molecular weight is 330 g/mol. The normalized spacial score (nSPS) is 10.3. The quantitative estimate of drug-likeness (QED) is 0.808. The average Bonchev–Trinajstić information content (AvgIpc) is 2.75. The molecule has 1 heterocycles. The molecule has 0 saturated heterocycles. The van der Waals surface area contributed by atoms with E-state index < -0.39 is 0 Å². The zero-order chi connectivity index (χ0) is 13.1. The fraction of sp³-hybridized carbons (Fsp3) is 0.0909. The number of nitrogens with zero attached hydrogens (tertiary/aromatic N) is 1. The van der Waals surface area contributed by atoms with Crippen molar-refractivity contribution in [2.45, 2.75) is 6.54 Å². The van der Waals surface area contributed by atoms with E-state index in [-0.39, 0.29) is 5.91 Å². The summed E-state index contributed by atoms with van der Waals surface area (Å²) in [5.74, 6) is 0.231. The van der Waals surface area contributed by atoms with Gasteiger partial charge in [0.2, 0.25) is 0 Å². The van der Waals surface area contributed by atoms with Crippen molar-refractivity contribution in [1.29, 1.82) is 0 Å². The van der Waals surface area contributed by atoms with Gasteiger partial charge in [-0.3, -0.25) is 9.89 Å². The second kappa shape index (κ2) is 5.41. The van der Waals surface area contributed by atoms with Gasteiger partial charge in [0.25, 0.3) is 5.91 Å². The number of H-pyrrole nitrogens is 1. The standard InChI is InChI=1S/C11H10BrClN4O/c12-8-2-1-6(3-9(8)13)11(18)15-4-7-5-16-17-10(7)14/h1-3,5H,4H2,(H,15,18)(H3,14,16,17). The third-order valence-electron chi connectivity index (χ3n) is 2.37. The van der Waals surface area contributed by atoms with Crippen molar-refractivity contribution in [3.63, 3.8) is 0 Å². The van der Waals surface area contributed by atoms with Gasteiger partial charge in [-0.15, -0.1) is 0 Å². The van der Waals surface area contributed by atoms with Crippen molar-refractivity contribution < 1.29 is 4.79 Å². The molecule has 0 atom stereocenters. The Morgan fingerprint density at radius 1 is 1.56 bits per heavy atom. The van der Waals surface area contributed by atoms with Gasteiger partial charge in [-0.25, -0.2) is 0 Å². The third-order valence-corrected chi connectivity index (χ3v) is 3.61. The molecule has 0 aliphatic carbocycles. The Morgan fingerprint density at radius 3 is 2.94 bits per heavy atom. The Bertz CT molecular complexity index is 584. The summed E-state index contributed by atoms with van der Waals surface area (Å²) in [6, 6.07) is 5.01. The van der Waals surface area contributed by atoms with Crippen LogP contribution in [0.4, 0.5) is 5.82 Å². The maximum absolute atomic E-state index is 11.9. The SMILES string of the molecule is Nc1[nH]ncc1CNC(=O)c1ccc(Br)c(Cl)c1. The van der Waals surface area contributed by atoms with Crippen molar-refractivity contribution in [2.24, 2.45) is 0 Å². The number of aromatic nitrogens is 2. The van der Waals surface area contributed by atoms with Gasteiger partial charge in [-0.2, -0.15) is 5.10 Å². The summed E-state index contributed by atoms with van der Waals surface area (Å²) in [7, 11) is 0. The van der Waals surface area contributed by atoms with Crippen LogP contribution in [0.25, 0.3) is 0 Å². The Balaban J connectivity index is 2.04. The van der Waals surface area contributed by atoms with E-state index in [0.29, 0.717) is 22.9 Å². The number of benzene rings is 1. The molecule has 2 aromatic rings. The van der Waals surface area contributed by atoms with Gasteiger partial charge < -0.3 is 11.1 Å². The lowest BCUT2D eigenvalue weighted by Crippen LogP contribution is -2.23. The molecule has 0 spiro atoms. The van der Waals surface area contributed by atoms with Gasteiger partial charge in [-0.1, -0.05) is 11.6 Å². The summed E-state index contributed by atoms with van der Waals surface area (Å²) in [6.45, 7) is 0.314. The van der Waals surface area contributed by atoms with Gasteiger partial charge >= 0.3 is 0 Å². The van der Waals surface area contributed by atoms with E-state index in [4.69, 9.17) is 17.3 Å². The summed E-state index contributed by atoms with van der Waals surface area (Å²) in [5, 5.41) is 9.59. The Hall–Kier alpha value is -1.53. The molecule has 0 unspecified atom stereocenters. The minimum atomic E-state index is -0.218. The molecule has 1 amide bonds. The van der Waals surface area contributed by atoms with Crippen LogP contribution in [0.1, 0.15) is 15.9 Å². The van der Waals surface area contributed by atoms with E-state index in [1.165, 1.54) is 0 Å². The number of hydrogen-bond donors (Lipinski definition) is 3. The van der Waals surface area contributed by atoms with Crippen LogP contribution < -0.4 is 11.1 Å². The topological polar surface area (TPSA) is 83.8 Å². The van der Waals surface area contributed by atoms with E-state index >= 15 is 0 Å². The molecular weight excluding hydrogens is 320 g/mol. The lowest BCUT2D eigenvalue weighted by atomic mass is 10.2. The zero-order valence-electron chi connectivity index (χ0n) is 9.21. The highest BCUT2D eigenvalue weighted by Crippen LogP contribution is 2.23. The van der Waals surface area contributed by atoms with Crippen molar-refractivity contribution in [3.8, 4) is 0 Å². The van der Waals surface area contributed by atoms with Crippen molar-refractivity contribution >= 4 is 39.3 Å². The number of anilines is 1. The Morgan fingerprint density at radius 2 is 2.33 bits per heavy atom. The highest BCUT2D eigenvalue weighted by Gasteiger charge is 2.09. The molecule has 94 valence electrons. The highest BCUT2D eigenvalue weighted by atomic mass is 79.9. The number of rotatable bonds is 3. The predicted molar refractivity (Wildman–Crippen MR) is 73.3 cm³/mol. The summed E-state index contributed by atoms with van der Waals surface area (Å²) < 4.78 is 0.750. The lowest BCUT2D eigenvalue weighted by molar-refractivity contribution is 0.0951. The van der Waals surface area contributed by atoms with Crippen LogP contribution >= 0.6 is 27.5 Å². The first-order valence-electron chi connectivity index (χ1n) is 5.09. The van der Waals surface area contributed by atoms with E-state index in [1.54, 1.807) is 24.4 Å². The van der Waals surface area contributed by atoms with E-state index in [1.807, 2.05) is 0 Å². The largest absolute Gasteiger partial charge is 0.384 e. The van der Waals surface area contributed by atoms with Gasteiger partial charge in [-0.05, 0) is 34.1 Å². The number of amides is 1. The fourth-order valence-electron chi connectivity index (χ4n) is 1.38. The number of hydrogen-bond acceptors (Lipinski definition) is 3. The first-order chi connectivity index (χ1) is 8.58. The molecule has 1 aromatic carbocycles. The molecule has 7 heteroatoms. The van der Waals surface area contributed by atoms with Gasteiger partial charge in [0.15, 0.2) is 0 Å². The Kier molecular flexibility index (Phi) is 3.88. The fourth-order valence-corrected chi connectivity index (χ4v) is 1.80. The Labute approximate surface area is 117 Å². The van der Waals surface area contributed by atoms with Gasteiger partial charge in [0.1, 0.15) is 5.82 Å². The van der Waals surface area contributed by atoms with Crippen molar-refractivity contribution in [1.82, 2.24) is 15.5 Å². The zero-order valence-corrected chi connectivity index (χ0v) is 11.5. The summed E-state index contributed by atoms with van der Waals surface area (Å²) in [5.41, 5.74) is 6.85. The summed E-state index contributed by atoms with van der Waals surface area (Å²) in [6.07, 6.45) is 1.57. The number of halogens is 2. The maximum atomic E-state index is 11.9. The first-order valence-corrected chi connectivity index (χ1v) is 6.26. The van der Waals surface area contributed by atoms with Crippen LogP contribution in [0, 0.1) is 0 Å². The third kappa shape index (κ3) is 2.83. The summed E-state index contributed by atoms with van der Waals surface area (Å²) >= 11 is 9.19. The molecule has 18 heavy (non-hydrogen) atoms. The number of carbonyl (C=O) groups excluding carboxylic acids is 1. The minimum Gasteiger partial charge on any atom is -0.384 e. The van der Waals surface area contributed by atoms with Crippen LogP contribution in [0.5, 0.6) is 0 Å². The van der Waals surface area contributed by atoms with Crippen molar-refractivity contribution in [2.75, 3.05) is 5.73 Å². The molecule has 0 fully saturated rings. The summed E-state index contributed by atoms with van der Waals surface area (Å²) in [4.78, 5) is 11.9. The highest BCUT2D eigenvalue weighted by molar-refractivity contribution is 9.10. The number of nitrogens with two attached hydrogens (primary N) is 1. The second-order valence-corrected chi connectivity index (χ2v) is 4.88. The molecule has 0 aliphatic rings. The molecular formula is C11H10BrClN4O. The van der Waals surface area contributed by atoms with Crippen LogP contribution in [-0.2, 0) is 6.54 Å². The molecule has 2 rings (SSSR count). The number of aromatic amines is 1. The molecule has 0 radical (unpaired) electrons.